The van der Waals surface area contributed by atoms with Crippen LogP contribution in [0, 0.1) is 12.7 Å². The van der Waals surface area contributed by atoms with E-state index in [4.69, 9.17) is 4.98 Å². The molecule has 1 aromatic heterocycles. The molecule has 2 aromatic carbocycles. The third-order valence-electron chi connectivity index (χ3n) is 6.28. The van der Waals surface area contributed by atoms with Gasteiger partial charge < -0.3 is 20.4 Å². The van der Waals surface area contributed by atoms with Crippen LogP contribution in [-0.2, 0) is 11.3 Å². The molecular weight excluding hydrogens is 435 g/mol. The van der Waals surface area contributed by atoms with Crippen molar-refractivity contribution in [3.8, 4) is 0 Å². The molecule has 2 amide bonds. The van der Waals surface area contributed by atoms with Crippen molar-refractivity contribution in [2.45, 2.75) is 32.4 Å². The number of amides is 2. The number of carbonyl (C=O) groups is 2. The van der Waals surface area contributed by atoms with E-state index in [9.17, 15) is 14.0 Å². The van der Waals surface area contributed by atoms with E-state index < -0.39 is 0 Å². The fourth-order valence-corrected chi connectivity index (χ4v) is 4.53. The van der Waals surface area contributed by atoms with Crippen LogP contribution in [0.5, 0.6) is 0 Å². The number of anilines is 4. The summed E-state index contributed by atoms with van der Waals surface area (Å²) in [6.07, 6.45) is 1.82. The lowest BCUT2D eigenvalue weighted by molar-refractivity contribution is -0.119. The number of benzene rings is 2. The quantitative estimate of drug-likeness (QED) is 0.603. The number of carbonyl (C=O) groups excluding carboxylic acids is 2. The number of aryl methyl sites for hydroxylation is 1. The standard InChI is InChI=1S/C25H25FN6O2/c1-15-21-22(32-13-3-4-20(32)24(34)31(21)2)30-25(28-15)27-14-16-5-11-19(12-6-16)29-23(33)17-7-9-18(26)10-8-17/h5-12,20H,3-4,13-14H2,1-2H3,(H,29,33)(H,27,28,30)/t20-/m0/s1. The van der Waals surface area contributed by atoms with Gasteiger partial charge in [-0.15, -0.1) is 0 Å². The van der Waals surface area contributed by atoms with E-state index in [1.54, 1.807) is 11.9 Å². The Hall–Kier alpha value is -4.01. The van der Waals surface area contributed by atoms with Crippen LogP contribution >= 0.6 is 0 Å². The van der Waals surface area contributed by atoms with Gasteiger partial charge in [0, 0.05) is 31.4 Å². The Balaban J connectivity index is 1.26. The highest BCUT2D eigenvalue weighted by atomic mass is 19.1. The summed E-state index contributed by atoms with van der Waals surface area (Å²) in [6, 6.07) is 12.7. The van der Waals surface area contributed by atoms with Crippen LogP contribution in [0.1, 0.15) is 34.5 Å². The van der Waals surface area contributed by atoms with Crippen LogP contribution in [0.2, 0.25) is 0 Å². The summed E-state index contributed by atoms with van der Waals surface area (Å²) >= 11 is 0. The molecular formula is C25H25FN6O2. The number of rotatable bonds is 5. The Morgan fingerprint density at radius 2 is 1.85 bits per heavy atom. The van der Waals surface area contributed by atoms with Crippen LogP contribution in [0.4, 0.5) is 27.5 Å². The fourth-order valence-electron chi connectivity index (χ4n) is 4.53. The number of nitrogens with zero attached hydrogens (tertiary/aromatic N) is 4. The minimum absolute atomic E-state index is 0.101. The Morgan fingerprint density at radius 3 is 2.59 bits per heavy atom. The van der Waals surface area contributed by atoms with E-state index >= 15 is 0 Å². The van der Waals surface area contributed by atoms with E-state index in [1.807, 2.05) is 31.2 Å². The summed E-state index contributed by atoms with van der Waals surface area (Å²) in [4.78, 5) is 38.1. The zero-order valence-electron chi connectivity index (χ0n) is 19.0. The van der Waals surface area contributed by atoms with Crippen molar-refractivity contribution >= 4 is 35.0 Å². The predicted octanol–water partition coefficient (Wildman–Crippen LogP) is 3.73. The van der Waals surface area contributed by atoms with Gasteiger partial charge in [0.25, 0.3) is 5.91 Å². The second-order valence-electron chi connectivity index (χ2n) is 8.57. The Labute approximate surface area is 196 Å². The van der Waals surface area contributed by atoms with Gasteiger partial charge >= 0.3 is 0 Å². The molecule has 174 valence electrons. The summed E-state index contributed by atoms with van der Waals surface area (Å²) < 4.78 is 13.0. The molecule has 1 atom stereocenters. The first kappa shape index (κ1) is 21.8. The third kappa shape index (κ3) is 4.05. The second-order valence-corrected chi connectivity index (χ2v) is 8.57. The smallest absolute Gasteiger partial charge is 0.255 e. The molecule has 0 radical (unpaired) electrons. The molecule has 0 saturated carbocycles. The molecule has 8 nitrogen and oxygen atoms in total. The zero-order chi connectivity index (χ0) is 23.8. The predicted molar refractivity (Wildman–Crippen MR) is 129 cm³/mol. The van der Waals surface area contributed by atoms with Crippen LogP contribution in [0.25, 0.3) is 0 Å². The number of halogens is 1. The van der Waals surface area contributed by atoms with E-state index in [0.717, 1.165) is 42.1 Å². The highest BCUT2D eigenvalue weighted by molar-refractivity contribution is 6.05. The van der Waals surface area contributed by atoms with Crippen LogP contribution < -0.4 is 20.4 Å². The topological polar surface area (TPSA) is 90.5 Å². The van der Waals surface area contributed by atoms with E-state index in [2.05, 4.69) is 20.5 Å². The molecule has 3 heterocycles. The molecule has 0 aliphatic carbocycles. The van der Waals surface area contributed by atoms with Crippen molar-refractivity contribution in [2.75, 3.05) is 34.0 Å². The van der Waals surface area contributed by atoms with Gasteiger partial charge in [0.05, 0.1) is 5.69 Å². The minimum Gasteiger partial charge on any atom is -0.350 e. The first-order valence-corrected chi connectivity index (χ1v) is 11.2. The van der Waals surface area contributed by atoms with Gasteiger partial charge in [0.15, 0.2) is 5.82 Å². The SMILES string of the molecule is Cc1nc(NCc2ccc(NC(=O)c3ccc(F)cc3)cc2)nc2c1N(C)C(=O)[C@@H]1CCCN21. The van der Waals surface area contributed by atoms with Crippen molar-refractivity contribution in [1.29, 1.82) is 0 Å². The molecule has 3 aromatic rings. The number of hydrogen-bond donors (Lipinski definition) is 2. The lowest BCUT2D eigenvalue weighted by Gasteiger charge is -2.37. The number of aromatic nitrogens is 2. The Bertz CT molecular complexity index is 1250. The summed E-state index contributed by atoms with van der Waals surface area (Å²) in [5, 5.41) is 6.08. The lowest BCUT2D eigenvalue weighted by atomic mass is 10.1. The van der Waals surface area contributed by atoms with Gasteiger partial charge in [-0.1, -0.05) is 12.1 Å². The maximum absolute atomic E-state index is 13.0. The molecule has 1 fully saturated rings. The maximum atomic E-state index is 13.0. The number of likely N-dealkylation sites (N-methyl/N-ethyl adjacent to an activating group) is 1. The maximum Gasteiger partial charge on any atom is 0.255 e. The van der Waals surface area contributed by atoms with Gasteiger partial charge in [-0.2, -0.15) is 4.98 Å². The number of fused-ring (bicyclic) bond motifs is 3. The van der Waals surface area contributed by atoms with Gasteiger partial charge in [0.1, 0.15) is 17.5 Å². The normalized spacial score (nSPS) is 16.8. The van der Waals surface area contributed by atoms with Crippen LogP contribution in [0.3, 0.4) is 0 Å². The van der Waals surface area contributed by atoms with E-state index in [-0.39, 0.29) is 23.7 Å². The average molecular weight is 461 g/mol. The highest BCUT2D eigenvalue weighted by Gasteiger charge is 2.41. The second kappa shape index (κ2) is 8.74. The van der Waals surface area contributed by atoms with Crippen molar-refractivity contribution < 1.29 is 14.0 Å². The number of hydrogen-bond acceptors (Lipinski definition) is 6. The molecule has 0 unspecified atom stereocenters. The van der Waals surface area contributed by atoms with Gasteiger partial charge in [-0.3, -0.25) is 9.59 Å². The summed E-state index contributed by atoms with van der Waals surface area (Å²) in [6.45, 7) is 3.21. The average Bonchev–Trinajstić information content (AvgIpc) is 3.33. The zero-order valence-corrected chi connectivity index (χ0v) is 19.0. The molecule has 2 aliphatic rings. The van der Waals surface area contributed by atoms with Crippen molar-refractivity contribution in [2.24, 2.45) is 0 Å². The molecule has 2 aliphatic heterocycles. The van der Waals surface area contributed by atoms with Gasteiger partial charge in [0.2, 0.25) is 11.9 Å². The van der Waals surface area contributed by atoms with Crippen LogP contribution in [0.15, 0.2) is 48.5 Å². The third-order valence-corrected chi connectivity index (χ3v) is 6.28. The minimum atomic E-state index is -0.382. The first-order valence-electron chi connectivity index (χ1n) is 11.2. The first-order chi connectivity index (χ1) is 16.4. The van der Waals surface area contributed by atoms with Crippen LogP contribution in [-0.4, -0.2) is 41.4 Å². The molecule has 0 spiro atoms. The molecule has 1 saturated heterocycles. The summed E-state index contributed by atoms with van der Waals surface area (Å²) in [7, 11) is 1.79. The Morgan fingerprint density at radius 1 is 1.12 bits per heavy atom. The van der Waals surface area contributed by atoms with Gasteiger partial charge in [-0.25, -0.2) is 9.37 Å². The largest absolute Gasteiger partial charge is 0.350 e. The summed E-state index contributed by atoms with van der Waals surface area (Å²) in [5.74, 6) is 0.737. The van der Waals surface area contributed by atoms with E-state index in [0.29, 0.717) is 23.7 Å². The van der Waals surface area contributed by atoms with Crippen molar-refractivity contribution in [1.82, 2.24) is 9.97 Å². The molecule has 5 rings (SSSR count). The fraction of sp³-hybridized carbons (Fsp3) is 0.280. The lowest BCUT2D eigenvalue weighted by Crippen LogP contribution is -2.49. The molecule has 9 heteroatoms. The molecule has 2 N–H and O–H groups in total. The highest BCUT2D eigenvalue weighted by Crippen LogP contribution is 2.40. The molecule has 0 bridgehead atoms. The summed E-state index contributed by atoms with van der Waals surface area (Å²) in [5.41, 5.74) is 3.55. The Kier molecular flexibility index (Phi) is 5.61. The van der Waals surface area contributed by atoms with E-state index in [1.165, 1.54) is 24.3 Å². The van der Waals surface area contributed by atoms with Gasteiger partial charge in [-0.05, 0) is 61.7 Å². The monoisotopic (exact) mass is 460 g/mol. The van der Waals surface area contributed by atoms with Crippen molar-refractivity contribution in [3.63, 3.8) is 0 Å². The number of nitrogens with one attached hydrogen (secondary N) is 2. The van der Waals surface area contributed by atoms with Crippen molar-refractivity contribution in [3.05, 3.63) is 71.2 Å². The molecule has 34 heavy (non-hydrogen) atoms.